The Balaban J connectivity index is 1.69. The number of benzene rings is 1. The van der Waals surface area contributed by atoms with E-state index in [1.807, 2.05) is 53.2 Å². The average Bonchev–Trinajstić information content (AvgIpc) is 3.15. The average molecular weight is 410 g/mol. The molecule has 0 aliphatic carbocycles. The third-order valence-electron chi connectivity index (χ3n) is 4.76. The molecule has 0 bridgehead atoms. The van der Waals surface area contributed by atoms with Crippen molar-refractivity contribution in [2.45, 2.75) is 43.7 Å². The molecule has 1 saturated heterocycles. The Kier molecular flexibility index (Phi) is 6.27. The zero-order valence-corrected chi connectivity index (χ0v) is 17.1. The molecule has 6 nitrogen and oxygen atoms in total. The van der Waals surface area contributed by atoms with Crippen LogP contribution in [0.1, 0.15) is 50.2 Å². The van der Waals surface area contributed by atoms with Crippen molar-refractivity contribution in [1.82, 2.24) is 14.8 Å². The van der Waals surface area contributed by atoms with Gasteiger partial charge < -0.3 is 8.92 Å². The zero-order valence-electron chi connectivity index (χ0n) is 16.3. The van der Waals surface area contributed by atoms with Crippen LogP contribution in [-0.2, 0) is 13.7 Å². The van der Waals surface area contributed by atoms with Crippen molar-refractivity contribution in [3.63, 3.8) is 0 Å². The Hall–Kier alpha value is -2.64. The highest BCUT2D eigenvalue weighted by Crippen LogP contribution is 2.32. The Bertz CT molecular complexity index is 1010. The number of carbonyl (C=O) groups excluding carboxylic acids is 1. The van der Waals surface area contributed by atoms with E-state index in [0.717, 1.165) is 65.1 Å². The van der Waals surface area contributed by atoms with E-state index >= 15 is 0 Å². The first kappa shape index (κ1) is 19.7. The van der Waals surface area contributed by atoms with Crippen molar-refractivity contribution in [3.05, 3.63) is 54.0 Å². The molecule has 3 heterocycles. The Labute approximate surface area is 174 Å². The maximum absolute atomic E-state index is 11.5. The third-order valence-corrected chi connectivity index (χ3v) is 5.47. The second kappa shape index (κ2) is 9.24. The fourth-order valence-corrected chi connectivity index (χ4v) is 3.84. The van der Waals surface area contributed by atoms with Crippen molar-refractivity contribution < 1.29 is 13.7 Å². The molecule has 0 radical (unpaired) electrons. The van der Waals surface area contributed by atoms with Gasteiger partial charge in [0.1, 0.15) is 0 Å². The second-order valence-electron chi connectivity index (χ2n) is 6.81. The molecule has 2 aromatic heterocycles. The monoisotopic (exact) mass is 409 g/mol. The van der Waals surface area contributed by atoms with Crippen LogP contribution < -0.4 is 0 Å². The third kappa shape index (κ3) is 4.68. The summed E-state index contributed by atoms with van der Waals surface area (Å²) in [5, 5.41) is 5.87. The van der Waals surface area contributed by atoms with Gasteiger partial charge in [-0.25, -0.2) is 4.68 Å². The van der Waals surface area contributed by atoms with Crippen LogP contribution in [0, 0.1) is 0 Å². The van der Waals surface area contributed by atoms with E-state index in [1.54, 1.807) is 13.1 Å². The topological polar surface area (TPSA) is 66.2 Å². The minimum atomic E-state index is -0.238. The zero-order chi connectivity index (χ0) is 20.1. The number of aromatic nitrogens is 3. The predicted octanol–water partition coefficient (Wildman–Crippen LogP) is 5.26. The van der Waals surface area contributed by atoms with Crippen LogP contribution in [0.2, 0.25) is 0 Å². The normalized spacial score (nSPS) is 17.1. The SMILES string of the molecule is CCC(=O)OSc1ccc2c(C=Cc3ccccn3)nn(C3CCCCO3)c2c1. The summed E-state index contributed by atoms with van der Waals surface area (Å²) in [6.07, 6.45) is 9.11. The molecule has 1 atom stereocenters. The summed E-state index contributed by atoms with van der Waals surface area (Å²) in [6.45, 7) is 2.52. The lowest BCUT2D eigenvalue weighted by Crippen LogP contribution is -2.19. The van der Waals surface area contributed by atoms with Crippen LogP contribution in [0.5, 0.6) is 0 Å². The first-order valence-electron chi connectivity index (χ1n) is 9.85. The van der Waals surface area contributed by atoms with Gasteiger partial charge in [0.25, 0.3) is 0 Å². The number of ether oxygens (including phenoxy) is 1. The van der Waals surface area contributed by atoms with Gasteiger partial charge in [0.05, 0.1) is 33.8 Å². The standard InChI is InChI=1S/C22H23N3O3S/c1-2-22(26)28-29-17-10-11-18-19(12-9-16-7-3-5-13-23-16)24-25(20(18)15-17)21-8-4-6-14-27-21/h3,5,7,9-13,15,21H,2,4,6,8,14H2,1H3. The van der Waals surface area contributed by atoms with Crippen LogP contribution >= 0.6 is 12.0 Å². The molecule has 150 valence electrons. The number of hydrogen-bond acceptors (Lipinski definition) is 6. The molecule has 0 amide bonds. The summed E-state index contributed by atoms with van der Waals surface area (Å²) in [6, 6.07) is 11.8. The van der Waals surface area contributed by atoms with Crippen molar-refractivity contribution in [3.8, 4) is 0 Å². The summed E-state index contributed by atoms with van der Waals surface area (Å²) in [5.41, 5.74) is 2.71. The van der Waals surface area contributed by atoms with Crippen molar-refractivity contribution in [2.24, 2.45) is 0 Å². The van der Waals surface area contributed by atoms with Crippen LogP contribution in [0.4, 0.5) is 0 Å². The maximum atomic E-state index is 11.5. The molecule has 29 heavy (non-hydrogen) atoms. The van der Waals surface area contributed by atoms with Gasteiger partial charge in [0.15, 0.2) is 6.23 Å². The minimum absolute atomic E-state index is 0.0818. The number of rotatable bonds is 6. The molecule has 1 aromatic carbocycles. The minimum Gasteiger partial charge on any atom is -0.386 e. The fourth-order valence-electron chi connectivity index (χ4n) is 3.24. The van der Waals surface area contributed by atoms with Crippen molar-refractivity contribution in [1.29, 1.82) is 0 Å². The van der Waals surface area contributed by atoms with E-state index in [2.05, 4.69) is 4.98 Å². The molecule has 4 rings (SSSR count). The first-order chi connectivity index (χ1) is 14.2. The first-order valence-corrected chi connectivity index (χ1v) is 10.6. The molecular weight excluding hydrogens is 386 g/mol. The maximum Gasteiger partial charge on any atom is 0.317 e. The van der Waals surface area contributed by atoms with Gasteiger partial charge in [-0.3, -0.25) is 9.78 Å². The van der Waals surface area contributed by atoms with Gasteiger partial charge in [-0.1, -0.05) is 13.0 Å². The van der Waals surface area contributed by atoms with Crippen LogP contribution in [0.3, 0.4) is 0 Å². The van der Waals surface area contributed by atoms with E-state index in [1.165, 1.54) is 0 Å². The molecule has 0 N–H and O–H groups in total. The number of pyridine rings is 1. The molecule has 1 fully saturated rings. The molecule has 1 aliphatic heterocycles. The number of fused-ring (bicyclic) bond motifs is 1. The summed E-state index contributed by atoms with van der Waals surface area (Å²) in [5.74, 6) is -0.238. The van der Waals surface area contributed by atoms with Gasteiger partial charge in [-0.15, -0.1) is 0 Å². The van der Waals surface area contributed by atoms with E-state index in [4.69, 9.17) is 14.0 Å². The molecular formula is C22H23N3O3S. The lowest BCUT2D eigenvalue weighted by molar-refractivity contribution is -0.132. The summed E-state index contributed by atoms with van der Waals surface area (Å²) >= 11 is 1.08. The van der Waals surface area contributed by atoms with E-state index < -0.39 is 0 Å². The van der Waals surface area contributed by atoms with Crippen LogP contribution in [0.15, 0.2) is 47.5 Å². The van der Waals surface area contributed by atoms with Gasteiger partial charge in [-0.2, -0.15) is 5.10 Å². The number of nitrogens with zero attached hydrogens (tertiary/aromatic N) is 3. The highest BCUT2D eigenvalue weighted by atomic mass is 32.2. The van der Waals surface area contributed by atoms with Crippen molar-refractivity contribution in [2.75, 3.05) is 6.61 Å². The van der Waals surface area contributed by atoms with E-state index in [9.17, 15) is 4.79 Å². The summed E-state index contributed by atoms with van der Waals surface area (Å²) in [4.78, 5) is 16.7. The quantitative estimate of drug-likeness (QED) is 0.517. The Morgan fingerprint density at radius 1 is 1.31 bits per heavy atom. The second-order valence-corrected chi connectivity index (χ2v) is 7.61. The molecule has 3 aromatic rings. The predicted molar refractivity (Wildman–Crippen MR) is 114 cm³/mol. The van der Waals surface area contributed by atoms with Crippen molar-refractivity contribution >= 4 is 41.1 Å². The molecule has 7 heteroatoms. The van der Waals surface area contributed by atoms with Crippen LogP contribution in [0.25, 0.3) is 23.1 Å². The Morgan fingerprint density at radius 2 is 2.24 bits per heavy atom. The van der Waals surface area contributed by atoms with Gasteiger partial charge in [0, 0.05) is 24.6 Å². The fraction of sp³-hybridized carbons (Fsp3) is 0.318. The smallest absolute Gasteiger partial charge is 0.317 e. The molecule has 0 saturated carbocycles. The largest absolute Gasteiger partial charge is 0.386 e. The molecule has 0 spiro atoms. The number of hydrogen-bond donors (Lipinski definition) is 0. The molecule has 1 aliphatic rings. The van der Waals surface area contributed by atoms with E-state index in [0.29, 0.717) is 6.42 Å². The highest BCUT2D eigenvalue weighted by molar-refractivity contribution is 7.95. The van der Waals surface area contributed by atoms with Crippen LogP contribution in [-0.4, -0.2) is 27.3 Å². The Morgan fingerprint density at radius 3 is 3.00 bits per heavy atom. The van der Waals surface area contributed by atoms with Gasteiger partial charge in [0.2, 0.25) is 0 Å². The number of carbonyl (C=O) groups is 1. The highest BCUT2D eigenvalue weighted by Gasteiger charge is 2.21. The summed E-state index contributed by atoms with van der Waals surface area (Å²) < 4.78 is 13.2. The van der Waals surface area contributed by atoms with E-state index in [-0.39, 0.29) is 12.2 Å². The summed E-state index contributed by atoms with van der Waals surface area (Å²) in [7, 11) is 0. The molecule has 1 unspecified atom stereocenters. The van der Waals surface area contributed by atoms with Gasteiger partial charge >= 0.3 is 5.97 Å². The lowest BCUT2D eigenvalue weighted by Gasteiger charge is -2.23. The van der Waals surface area contributed by atoms with Gasteiger partial charge in [-0.05, 0) is 61.7 Å². The lowest BCUT2D eigenvalue weighted by atomic mass is 10.1.